The van der Waals surface area contributed by atoms with Crippen LogP contribution in [0.1, 0.15) is 75.5 Å². The largest absolute Gasteiger partial charge is 0.466 e. The predicted molar refractivity (Wildman–Crippen MR) is 126 cm³/mol. The average Bonchev–Trinajstić information content (AvgIpc) is 3.44. The van der Waals surface area contributed by atoms with Crippen molar-refractivity contribution in [3.63, 3.8) is 0 Å². The van der Waals surface area contributed by atoms with Gasteiger partial charge in [0.05, 0.1) is 24.0 Å². The highest BCUT2D eigenvalue weighted by Gasteiger charge is 2.48. The van der Waals surface area contributed by atoms with Gasteiger partial charge in [0.1, 0.15) is 11.3 Å². The van der Waals surface area contributed by atoms with Crippen LogP contribution in [0.4, 0.5) is 0 Å². The molecule has 1 aliphatic rings. The van der Waals surface area contributed by atoms with Crippen LogP contribution >= 0.6 is 0 Å². The number of fused-ring (bicyclic) bond motifs is 1. The first-order valence-corrected chi connectivity index (χ1v) is 14.1. The highest BCUT2D eigenvalue weighted by atomic mass is 28.4. The maximum absolute atomic E-state index is 13.2. The lowest BCUT2D eigenvalue weighted by Gasteiger charge is -2.38. The summed E-state index contributed by atoms with van der Waals surface area (Å²) in [6.07, 6.45) is 0.452. The molecule has 2 aromatic rings. The van der Waals surface area contributed by atoms with E-state index in [4.69, 9.17) is 13.6 Å². The minimum absolute atomic E-state index is 0.0322. The molecule has 5 nitrogen and oxygen atoms in total. The fraction of sp³-hybridized carbons (Fsp3) is 0.600. The second-order valence-corrected chi connectivity index (χ2v) is 15.1. The molecule has 1 aromatic heterocycles. The molecular formula is C25H36O5Si. The Labute approximate surface area is 186 Å². The fourth-order valence-electron chi connectivity index (χ4n) is 3.92. The van der Waals surface area contributed by atoms with Gasteiger partial charge in [-0.05, 0) is 69.9 Å². The number of hydrogen-bond acceptors (Lipinski definition) is 5. The maximum atomic E-state index is 13.2. The third kappa shape index (κ3) is 4.51. The monoisotopic (exact) mass is 444 g/mol. The summed E-state index contributed by atoms with van der Waals surface area (Å²) in [4.78, 5) is 25.4. The van der Waals surface area contributed by atoms with E-state index in [0.29, 0.717) is 35.3 Å². The summed E-state index contributed by atoms with van der Waals surface area (Å²) in [6.45, 7) is 19.1. The van der Waals surface area contributed by atoms with Crippen molar-refractivity contribution < 1.29 is 18.4 Å². The molecule has 1 heterocycles. The highest BCUT2D eigenvalue weighted by Crippen LogP contribution is 2.50. The van der Waals surface area contributed by atoms with Crippen molar-refractivity contribution in [3.05, 3.63) is 44.8 Å². The van der Waals surface area contributed by atoms with Crippen molar-refractivity contribution in [2.75, 3.05) is 6.61 Å². The summed E-state index contributed by atoms with van der Waals surface area (Å²) in [7, 11) is -2.02. The van der Waals surface area contributed by atoms with Crippen LogP contribution in [0.5, 0.6) is 0 Å². The number of ether oxygens (including phenoxy) is 1. The Balaban J connectivity index is 2.08. The zero-order chi connectivity index (χ0) is 23.3. The minimum Gasteiger partial charge on any atom is -0.466 e. The van der Waals surface area contributed by atoms with Crippen LogP contribution in [0.25, 0.3) is 11.0 Å². The van der Waals surface area contributed by atoms with Gasteiger partial charge in [-0.25, -0.2) is 0 Å². The highest BCUT2D eigenvalue weighted by molar-refractivity contribution is 6.74. The normalized spacial score (nSPS) is 20.0. The summed E-state index contributed by atoms with van der Waals surface area (Å²) < 4.78 is 18.2. The van der Waals surface area contributed by atoms with Gasteiger partial charge in [0, 0.05) is 17.0 Å². The molecule has 1 saturated carbocycles. The van der Waals surface area contributed by atoms with Crippen molar-refractivity contribution in [1.29, 1.82) is 0 Å². The van der Waals surface area contributed by atoms with E-state index in [-0.39, 0.29) is 34.4 Å². The van der Waals surface area contributed by atoms with E-state index in [0.717, 1.165) is 11.1 Å². The molecule has 3 atom stereocenters. The van der Waals surface area contributed by atoms with E-state index in [2.05, 4.69) is 39.9 Å². The summed E-state index contributed by atoms with van der Waals surface area (Å²) >= 11 is 0. The van der Waals surface area contributed by atoms with Gasteiger partial charge in [-0.15, -0.1) is 0 Å². The third-order valence-corrected chi connectivity index (χ3v) is 11.4. The first-order chi connectivity index (χ1) is 14.3. The number of carbonyl (C=O) groups excluding carboxylic acids is 1. The standard InChI is InChI=1S/C25H36O5Si/c1-10-28-24(27)19-13-18(19)22-15(3)21(26)20-12-14(2)11-17(23(20)29-22)16(4)30-31(8,9)25(5,6)7/h11-12,16,18-19H,10,13H2,1-9H3/t16-,18?,19?/m0/s1. The minimum atomic E-state index is -2.02. The van der Waals surface area contributed by atoms with Crippen LogP contribution in [-0.4, -0.2) is 20.9 Å². The van der Waals surface area contributed by atoms with Gasteiger partial charge < -0.3 is 13.6 Å². The van der Waals surface area contributed by atoms with Crippen LogP contribution in [0.3, 0.4) is 0 Å². The Morgan fingerprint density at radius 2 is 1.90 bits per heavy atom. The smallest absolute Gasteiger partial charge is 0.309 e. The number of rotatable bonds is 6. The van der Waals surface area contributed by atoms with E-state index in [1.54, 1.807) is 13.8 Å². The molecule has 2 unspecified atom stereocenters. The fourth-order valence-corrected chi connectivity index (χ4v) is 5.28. The zero-order valence-corrected chi connectivity index (χ0v) is 21.3. The molecule has 0 amide bonds. The lowest BCUT2D eigenvalue weighted by Crippen LogP contribution is -2.41. The second kappa shape index (κ2) is 8.21. The van der Waals surface area contributed by atoms with E-state index in [9.17, 15) is 9.59 Å². The molecule has 0 N–H and O–H groups in total. The lowest BCUT2D eigenvalue weighted by molar-refractivity contribution is -0.144. The van der Waals surface area contributed by atoms with Crippen molar-refractivity contribution in [3.8, 4) is 0 Å². The Kier molecular flexibility index (Phi) is 6.28. The zero-order valence-electron chi connectivity index (χ0n) is 20.3. The third-order valence-electron chi connectivity index (χ3n) is 6.86. The van der Waals surface area contributed by atoms with Crippen molar-refractivity contribution in [2.45, 2.75) is 85.0 Å². The number of esters is 1. The molecule has 0 bridgehead atoms. The summed E-state index contributed by atoms with van der Waals surface area (Å²) in [5.74, 6) is 0.0737. The molecule has 1 fully saturated rings. The van der Waals surface area contributed by atoms with E-state index < -0.39 is 8.32 Å². The van der Waals surface area contributed by atoms with E-state index >= 15 is 0 Å². The average molecular weight is 445 g/mol. The van der Waals surface area contributed by atoms with Crippen LogP contribution in [-0.2, 0) is 14.0 Å². The quantitative estimate of drug-likeness (QED) is 0.394. The Morgan fingerprint density at radius 1 is 1.26 bits per heavy atom. The SMILES string of the molecule is CCOC(=O)C1CC1c1oc2c([C@H](C)O[Si](C)(C)C(C)(C)C)cc(C)cc2c(=O)c1C. The topological polar surface area (TPSA) is 65.7 Å². The molecule has 0 radical (unpaired) electrons. The van der Waals surface area contributed by atoms with Gasteiger partial charge in [-0.3, -0.25) is 9.59 Å². The Hall–Kier alpha value is -1.92. The molecule has 3 rings (SSSR count). The second-order valence-electron chi connectivity index (χ2n) is 10.4. The van der Waals surface area contributed by atoms with Gasteiger partial charge in [0.25, 0.3) is 0 Å². The Bertz CT molecular complexity index is 1060. The molecule has 6 heteroatoms. The van der Waals surface area contributed by atoms with Gasteiger partial charge in [-0.2, -0.15) is 0 Å². The predicted octanol–water partition coefficient (Wildman–Crippen LogP) is 6.16. The number of benzene rings is 1. The summed E-state index contributed by atoms with van der Waals surface area (Å²) in [5.41, 5.74) is 3.03. The molecule has 31 heavy (non-hydrogen) atoms. The first-order valence-electron chi connectivity index (χ1n) is 11.2. The van der Waals surface area contributed by atoms with Gasteiger partial charge >= 0.3 is 5.97 Å². The van der Waals surface area contributed by atoms with Crippen molar-refractivity contribution in [2.24, 2.45) is 5.92 Å². The molecule has 1 aliphatic carbocycles. The first kappa shape index (κ1) is 23.7. The number of carbonyl (C=O) groups is 1. The number of hydrogen-bond donors (Lipinski definition) is 0. The molecule has 0 spiro atoms. The molecule has 170 valence electrons. The van der Waals surface area contributed by atoms with E-state index in [1.807, 2.05) is 19.9 Å². The van der Waals surface area contributed by atoms with Crippen LogP contribution in [0.2, 0.25) is 18.1 Å². The molecular weight excluding hydrogens is 408 g/mol. The lowest BCUT2D eigenvalue weighted by atomic mass is 10.0. The van der Waals surface area contributed by atoms with Gasteiger partial charge in [0.15, 0.2) is 13.7 Å². The van der Waals surface area contributed by atoms with E-state index in [1.165, 1.54) is 0 Å². The number of aryl methyl sites for hydroxylation is 1. The van der Waals surface area contributed by atoms with Crippen molar-refractivity contribution in [1.82, 2.24) is 0 Å². The summed E-state index contributed by atoms with van der Waals surface area (Å²) in [5, 5.41) is 0.653. The molecule has 0 saturated heterocycles. The van der Waals surface area contributed by atoms with Crippen LogP contribution < -0.4 is 5.43 Å². The molecule has 1 aromatic carbocycles. The van der Waals surface area contributed by atoms with Crippen molar-refractivity contribution >= 4 is 25.3 Å². The van der Waals surface area contributed by atoms with Crippen LogP contribution in [0, 0.1) is 19.8 Å². The maximum Gasteiger partial charge on any atom is 0.309 e. The van der Waals surface area contributed by atoms with Crippen LogP contribution in [0.15, 0.2) is 21.3 Å². The summed E-state index contributed by atoms with van der Waals surface area (Å²) in [6, 6.07) is 3.94. The Morgan fingerprint density at radius 3 is 2.48 bits per heavy atom. The van der Waals surface area contributed by atoms with Gasteiger partial charge in [0.2, 0.25) is 0 Å². The molecule has 0 aliphatic heterocycles. The van der Waals surface area contributed by atoms with Gasteiger partial charge in [-0.1, -0.05) is 20.8 Å².